The molecule has 6 heteroatoms. The normalized spacial score (nSPS) is 37.6. The van der Waals surface area contributed by atoms with Crippen molar-refractivity contribution in [2.75, 3.05) is 12.0 Å². The van der Waals surface area contributed by atoms with Gasteiger partial charge in [-0.2, -0.15) is 11.8 Å². The fraction of sp³-hybridized carbons (Fsp3) is 0.750. The lowest BCUT2D eigenvalue weighted by atomic mass is 9.52. The average Bonchev–Trinajstić information content (AvgIpc) is 3.19. The first kappa shape index (κ1) is 24.7. The van der Waals surface area contributed by atoms with Crippen LogP contribution in [0.1, 0.15) is 84.3 Å². The number of carbonyl (C=O) groups excluding carboxylic acids is 1. The number of thioether (sulfide) groups is 1. The monoisotopic (exact) mass is 484 g/mol. The van der Waals surface area contributed by atoms with Crippen molar-refractivity contribution in [3.05, 3.63) is 29.3 Å². The molecule has 186 valence electrons. The van der Waals surface area contributed by atoms with Crippen molar-refractivity contribution < 1.29 is 18.8 Å². The zero-order chi connectivity index (χ0) is 24.5. The molecule has 1 aliphatic heterocycles. The van der Waals surface area contributed by atoms with E-state index in [9.17, 15) is 4.79 Å². The van der Waals surface area contributed by atoms with Crippen molar-refractivity contribution in [3.8, 4) is 0 Å². The Hall–Kier alpha value is -0.975. The largest absolute Gasteiger partial charge is 0.494 e. The number of fused-ring (bicyclic) bond motifs is 5. The predicted octanol–water partition coefficient (Wildman–Crippen LogP) is 5.36. The summed E-state index contributed by atoms with van der Waals surface area (Å²) in [6.07, 6.45) is 7.97. The van der Waals surface area contributed by atoms with E-state index in [-0.39, 0.29) is 35.8 Å². The highest BCUT2D eigenvalue weighted by molar-refractivity contribution is 7.98. The number of esters is 1. The number of hydrogen-bond acceptors (Lipinski definition) is 5. The summed E-state index contributed by atoms with van der Waals surface area (Å²) in [6.45, 7) is 12.4. The molecule has 0 aromatic heterocycles. The van der Waals surface area contributed by atoms with Gasteiger partial charge in [0.15, 0.2) is 0 Å². The van der Waals surface area contributed by atoms with Crippen LogP contribution in [0.3, 0.4) is 0 Å². The van der Waals surface area contributed by atoms with Gasteiger partial charge in [0, 0.05) is 12.3 Å². The van der Waals surface area contributed by atoms with Gasteiger partial charge in [-0.25, -0.2) is 0 Å². The fourth-order valence-electron chi connectivity index (χ4n) is 7.65. The Labute approximate surface area is 210 Å². The van der Waals surface area contributed by atoms with Crippen molar-refractivity contribution in [2.45, 2.75) is 96.9 Å². The highest BCUT2D eigenvalue weighted by Gasteiger charge is 2.58. The molecular weight excluding hydrogens is 443 g/mol. The number of hydrogen-bond donors (Lipinski definition) is 0. The first-order chi connectivity index (χ1) is 16.0. The van der Waals surface area contributed by atoms with Crippen molar-refractivity contribution in [1.82, 2.24) is 0 Å². The second-order valence-electron chi connectivity index (χ2n) is 12.5. The molecule has 0 radical (unpaired) electrons. The zero-order valence-electron chi connectivity index (χ0n) is 22.0. The van der Waals surface area contributed by atoms with Crippen LogP contribution in [0.2, 0.25) is 0 Å². The molecule has 4 nitrogen and oxygen atoms in total. The Balaban J connectivity index is 1.45. The molecule has 1 saturated heterocycles. The number of ether oxygens (including phenoxy) is 1. The lowest BCUT2D eigenvalue weighted by molar-refractivity contribution is -0.155. The Morgan fingerprint density at radius 1 is 1.12 bits per heavy atom. The molecule has 0 amide bonds. The number of carbonyl (C=O) groups is 1. The third-order valence-corrected chi connectivity index (χ3v) is 10.8. The quantitative estimate of drug-likeness (QED) is 0.425. The average molecular weight is 485 g/mol. The van der Waals surface area contributed by atoms with E-state index < -0.39 is 0 Å². The Morgan fingerprint density at radius 2 is 1.82 bits per heavy atom. The topological polar surface area (TPSA) is 44.8 Å². The summed E-state index contributed by atoms with van der Waals surface area (Å²) in [7, 11) is -0.305. The van der Waals surface area contributed by atoms with Crippen LogP contribution < -0.4 is 5.46 Å². The van der Waals surface area contributed by atoms with E-state index in [0.29, 0.717) is 23.7 Å². The molecule has 1 aromatic rings. The van der Waals surface area contributed by atoms with Crippen LogP contribution in [0, 0.1) is 23.2 Å². The third-order valence-electron chi connectivity index (χ3n) is 10.1. The lowest BCUT2D eigenvalue weighted by Gasteiger charge is -2.53. The van der Waals surface area contributed by atoms with Crippen LogP contribution in [0.4, 0.5) is 0 Å². The van der Waals surface area contributed by atoms with Crippen molar-refractivity contribution in [1.29, 1.82) is 0 Å². The summed E-state index contributed by atoms with van der Waals surface area (Å²) in [5, 5.41) is 0. The van der Waals surface area contributed by atoms with Crippen LogP contribution in [0.5, 0.6) is 0 Å². The van der Waals surface area contributed by atoms with E-state index in [2.05, 4.69) is 59.1 Å². The maximum atomic E-state index is 11.8. The third kappa shape index (κ3) is 3.87. The highest BCUT2D eigenvalue weighted by Crippen LogP contribution is 2.63. The minimum Gasteiger partial charge on any atom is -0.462 e. The second-order valence-corrected chi connectivity index (χ2v) is 13.4. The first-order valence-corrected chi connectivity index (χ1v) is 14.5. The SMILES string of the molecule is CSC[C@@H]1Cc2cc(B3OC(C)(C)C(C)(C)O3)ccc2[C@H]2CC[C@]3(C)[C@@H](OC(C)=O)CC[C@H]3[C@H]12. The van der Waals surface area contributed by atoms with Crippen LogP contribution in [-0.2, 0) is 25.3 Å². The minimum absolute atomic E-state index is 0.0815. The molecule has 2 saturated carbocycles. The molecule has 3 fully saturated rings. The molecule has 34 heavy (non-hydrogen) atoms. The van der Waals surface area contributed by atoms with Gasteiger partial charge >= 0.3 is 13.1 Å². The lowest BCUT2D eigenvalue weighted by Crippen LogP contribution is -2.48. The summed E-state index contributed by atoms with van der Waals surface area (Å²) < 4.78 is 18.6. The molecule has 0 spiro atoms. The molecule has 1 aromatic carbocycles. The Kier molecular flexibility index (Phi) is 6.22. The number of benzene rings is 1. The van der Waals surface area contributed by atoms with Gasteiger partial charge in [0.2, 0.25) is 0 Å². The fourth-order valence-corrected chi connectivity index (χ4v) is 8.42. The Bertz CT molecular complexity index is 946. The van der Waals surface area contributed by atoms with Gasteiger partial charge in [0.25, 0.3) is 0 Å². The summed E-state index contributed by atoms with van der Waals surface area (Å²) in [4.78, 5) is 11.8. The van der Waals surface area contributed by atoms with E-state index in [4.69, 9.17) is 14.0 Å². The first-order valence-electron chi connectivity index (χ1n) is 13.1. The molecule has 0 unspecified atom stereocenters. The predicted molar refractivity (Wildman–Crippen MR) is 140 cm³/mol. The van der Waals surface area contributed by atoms with Gasteiger partial charge < -0.3 is 14.0 Å². The van der Waals surface area contributed by atoms with Crippen molar-refractivity contribution >= 4 is 30.3 Å². The van der Waals surface area contributed by atoms with Crippen LogP contribution in [0.25, 0.3) is 0 Å². The van der Waals surface area contributed by atoms with Crippen LogP contribution >= 0.6 is 11.8 Å². The zero-order valence-corrected chi connectivity index (χ0v) is 22.8. The van der Waals surface area contributed by atoms with E-state index in [1.54, 1.807) is 12.5 Å². The van der Waals surface area contributed by atoms with Gasteiger partial charge in [-0.05, 0) is 112 Å². The Morgan fingerprint density at radius 3 is 2.47 bits per heavy atom. The van der Waals surface area contributed by atoms with E-state index >= 15 is 0 Å². The van der Waals surface area contributed by atoms with E-state index in [1.165, 1.54) is 24.2 Å². The highest BCUT2D eigenvalue weighted by atomic mass is 32.2. The molecule has 0 bridgehead atoms. The molecule has 6 atom stereocenters. The second kappa shape index (κ2) is 8.56. The summed E-state index contributed by atoms with van der Waals surface area (Å²) in [6, 6.07) is 7.01. The van der Waals surface area contributed by atoms with Gasteiger partial charge in [0.05, 0.1) is 11.2 Å². The molecule has 3 aliphatic carbocycles. The van der Waals surface area contributed by atoms with Crippen LogP contribution in [0.15, 0.2) is 18.2 Å². The maximum Gasteiger partial charge on any atom is 0.494 e. The summed E-state index contributed by atoms with van der Waals surface area (Å²) in [5.74, 6) is 3.61. The van der Waals surface area contributed by atoms with E-state index in [1.807, 2.05) is 11.8 Å². The van der Waals surface area contributed by atoms with Gasteiger partial charge in [-0.1, -0.05) is 25.1 Å². The van der Waals surface area contributed by atoms with Crippen LogP contribution in [-0.4, -0.2) is 42.4 Å². The van der Waals surface area contributed by atoms with Crippen molar-refractivity contribution in [2.24, 2.45) is 23.2 Å². The summed E-state index contributed by atoms with van der Waals surface area (Å²) in [5.41, 5.74) is 3.65. The molecular formula is C28H41BO4S. The smallest absolute Gasteiger partial charge is 0.462 e. The number of rotatable bonds is 4. The minimum atomic E-state index is -0.325. The van der Waals surface area contributed by atoms with Gasteiger partial charge in [-0.15, -0.1) is 0 Å². The maximum absolute atomic E-state index is 11.8. The standard InChI is InChI=1S/C28H41BO4S/c1-17(30)31-24-11-10-23-25-19(16-34-7)14-18-15-20(29-32-26(2,3)27(4,5)33-29)8-9-21(18)22(25)12-13-28(23,24)6/h8-9,15,19,22-25H,10-14,16H2,1-7H3/t19-,22+,23-,24-,25+,28-/m0/s1. The molecule has 5 rings (SSSR count). The van der Waals surface area contributed by atoms with Gasteiger partial charge in [0.1, 0.15) is 6.10 Å². The summed E-state index contributed by atoms with van der Waals surface area (Å²) >= 11 is 1.98. The van der Waals surface area contributed by atoms with Gasteiger partial charge in [-0.3, -0.25) is 4.79 Å². The molecule has 1 heterocycles. The molecule has 4 aliphatic rings. The molecule has 0 N–H and O–H groups in total. The van der Waals surface area contributed by atoms with Crippen molar-refractivity contribution in [3.63, 3.8) is 0 Å². The van der Waals surface area contributed by atoms with E-state index in [0.717, 1.165) is 24.7 Å².